The van der Waals surface area contributed by atoms with Gasteiger partial charge in [-0.25, -0.2) is 0 Å². The minimum Gasteiger partial charge on any atom is -0.497 e. The largest absolute Gasteiger partial charge is 0.497 e. The van der Waals surface area contributed by atoms with Gasteiger partial charge in [0.25, 0.3) is 0 Å². The van der Waals surface area contributed by atoms with Crippen LogP contribution in [-0.2, 0) is 6.42 Å². The van der Waals surface area contributed by atoms with E-state index in [4.69, 9.17) is 10.5 Å². The second-order valence-electron chi connectivity index (χ2n) is 4.28. The fourth-order valence-corrected chi connectivity index (χ4v) is 1.58. The smallest absolute Gasteiger partial charge is 0.188 e. The molecule has 0 saturated heterocycles. The van der Waals surface area contributed by atoms with Gasteiger partial charge in [0.1, 0.15) is 5.75 Å². The molecule has 0 heterocycles. The number of methoxy groups -OCH3 is 1. The Hall–Kier alpha value is -0.980. The minimum atomic E-state index is 0. The van der Waals surface area contributed by atoms with Gasteiger partial charge in [0, 0.05) is 12.6 Å². The molecule has 1 aromatic rings. The van der Waals surface area contributed by atoms with E-state index in [1.165, 1.54) is 18.4 Å². The van der Waals surface area contributed by atoms with Gasteiger partial charge in [0.05, 0.1) is 7.11 Å². The van der Waals surface area contributed by atoms with Crippen molar-refractivity contribution >= 4 is 29.9 Å². The first-order valence-corrected chi connectivity index (χ1v) is 5.97. The highest BCUT2D eigenvalue weighted by molar-refractivity contribution is 14.0. The van der Waals surface area contributed by atoms with E-state index in [9.17, 15) is 0 Å². The summed E-state index contributed by atoms with van der Waals surface area (Å²) in [6, 6.07) is 8.60. The molecule has 0 aromatic heterocycles. The van der Waals surface area contributed by atoms with E-state index in [-0.39, 0.29) is 24.0 Å². The molecule has 1 saturated carbocycles. The zero-order valence-corrected chi connectivity index (χ0v) is 12.9. The highest BCUT2D eigenvalue weighted by Gasteiger charge is 2.21. The predicted octanol–water partition coefficient (Wildman–Crippen LogP) is 1.92. The number of ether oxygens (including phenoxy) is 1. The zero-order valence-electron chi connectivity index (χ0n) is 10.6. The number of guanidine groups is 1. The van der Waals surface area contributed by atoms with Gasteiger partial charge >= 0.3 is 0 Å². The molecule has 2 rings (SSSR count). The molecule has 0 spiro atoms. The van der Waals surface area contributed by atoms with E-state index in [0.29, 0.717) is 12.0 Å². The van der Waals surface area contributed by atoms with Gasteiger partial charge in [0.15, 0.2) is 5.96 Å². The Balaban J connectivity index is 0.00000162. The van der Waals surface area contributed by atoms with Crippen LogP contribution in [0, 0.1) is 0 Å². The van der Waals surface area contributed by atoms with Crippen LogP contribution >= 0.6 is 24.0 Å². The lowest BCUT2D eigenvalue weighted by Crippen LogP contribution is -2.33. The molecule has 100 valence electrons. The maximum absolute atomic E-state index is 5.74. The maximum atomic E-state index is 5.74. The van der Waals surface area contributed by atoms with Crippen molar-refractivity contribution in [3.05, 3.63) is 29.8 Å². The van der Waals surface area contributed by atoms with Crippen LogP contribution in [0.1, 0.15) is 18.4 Å². The number of rotatable bonds is 5. The molecule has 4 nitrogen and oxygen atoms in total. The van der Waals surface area contributed by atoms with Gasteiger partial charge < -0.3 is 15.8 Å². The van der Waals surface area contributed by atoms with Gasteiger partial charge in [-0.15, -0.1) is 24.0 Å². The molecule has 3 N–H and O–H groups in total. The first-order chi connectivity index (χ1) is 8.28. The second-order valence-corrected chi connectivity index (χ2v) is 4.28. The molecule has 0 radical (unpaired) electrons. The molecule has 1 aliphatic rings. The van der Waals surface area contributed by atoms with Gasteiger partial charge in [-0.3, -0.25) is 4.99 Å². The number of nitrogens with one attached hydrogen (secondary N) is 1. The number of benzene rings is 1. The van der Waals surface area contributed by atoms with Crippen molar-refractivity contribution in [2.45, 2.75) is 25.3 Å². The molecule has 0 unspecified atom stereocenters. The van der Waals surface area contributed by atoms with Crippen LogP contribution in [0.4, 0.5) is 0 Å². The number of halogens is 1. The Morgan fingerprint density at radius 1 is 1.39 bits per heavy atom. The van der Waals surface area contributed by atoms with Crippen molar-refractivity contribution in [3.8, 4) is 5.75 Å². The van der Waals surface area contributed by atoms with Crippen LogP contribution in [0.2, 0.25) is 0 Å². The summed E-state index contributed by atoms with van der Waals surface area (Å²) in [5, 5.41) is 3.17. The number of nitrogens with zero attached hydrogens (tertiary/aromatic N) is 1. The zero-order chi connectivity index (χ0) is 12.1. The van der Waals surface area contributed by atoms with Gasteiger partial charge in [-0.2, -0.15) is 0 Å². The van der Waals surface area contributed by atoms with Crippen LogP contribution in [0.5, 0.6) is 5.75 Å². The summed E-state index contributed by atoms with van der Waals surface area (Å²) >= 11 is 0. The highest BCUT2D eigenvalue weighted by atomic mass is 127. The molecule has 1 aliphatic carbocycles. The summed E-state index contributed by atoms with van der Waals surface area (Å²) in [5.41, 5.74) is 6.99. The number of hydrogen-bond acceptors (Lipinski definition) is 2. The molecule has 0 bridgehead atoms. The van der Waals surface area contributed by atoms with E-state index < -0.39 is 0 Å². The minimum absolute atomic E-state index is 0. The molecule has 1 aromatic carbocycles. The lowest BCUT2D eigenvalue weighted by atomic mass is 10.1. The predicted molar refractivity (Wildman–Crippen MR) is 84.8 cm³/mol. The quantitative estimate of drug-likeness (QED) is 0.479. The third-order valence-corrected chi connectivity index (χ3v) is 2.77. The Bertz CT molecular complexity index is 388. The Morgan fingerprint density at radius 3 is 2.61 bits per heavy atom. The van der Waals surface area contributed by atoms with E-state index in [1.807, 2.05) is 12.1 Å². The summed E-state index contributed by atoms with van der Waals surface area (Å²) in [7, 11) is 1.67. The van der Waals surface area contributed by atoms with Crippen LogP contribution in [0.25, 0.3) is 0 Å². The Morgan fingerprint density at radius 2 is 2.06 bits per heavy atom. The lowest BCUT2D eigenvalue weighted by Gasteiger charge is -2.04. The van der Waals surface area contributed by atoms with Crippen molar-refractivity contribution < 1.29 is 4.74 Å². The number of nitrogens with two attached hydrogens (primary N) is 1. The summed E-state index contributed by atoms with van der Waals surface area (Å²) in [4.78, 5) is 4.29. The fourth-order valence-electron chi connectivity index (χ4n) is 1.58. The van der Waals surface area contributed by atoms with Crippen LogP contribution < -0.4 is 15.8 Å². The van der Waals surface area contributed by atoms with Gasteiger partial charge in [-0.1, -0.05) is 12.1 Å². The van der Waals surface area contributed by atoms with Crippen molar-refractivity contribution in [2.24, 2.45) is 10.7 Å². The molecular weight excluding hydrogens is 341 g/mol. The monoisotopic (exact) mass is 361 g/mol. The van der Waals surface area contributed by atoms with Crippen molar-refractivity contribution in [1.29, 1.82) is 0 Å². The standard InChI is InChI=1S/C13H19N3O.HI/c1-17-12-6-2-10(3-7-12)8-9-15-13(14)16-11-4-5-11;/h2-3,6-7,11H,4-5,8-9H2,1H3,(H3,14,15,16);1H. The van der Waals surface area contributed by atoms with Crippen LogP contribution in [0.3, 0.4) is 0 Å². The van der Waals surface area contributed by atoms with Crippen molar-refractivity contribution in [2.75, 3.05) is 13.7 Å². The molecule has 5 heteroatoms. The van der Waals surface area contributed by atoms with E-state index in [2.05, 4.69) is 22.4 Å². The Labute approximate surface area is 125 Å². The topological polar surface area (TPSA) is 59.6 Å². The van der Waals surface area contributed by atoms with Crippen molar-refractivity contribution in [3.63, 3.8) is 0 Å². The Kier molecular flexibility index (Phi) is 6.24. The SMILES string of the molecule is COc1ccc(CCN=C(N)NC2CC2)cc1.I. The number of aliphatic imine (C=N–C) groups is 1. The molecule has 0 aliphatic heterocycles. The van der Waals surface area contributed by atoms with Crippen LogP contribution in [0.15, 0.2) is 29.3 Å². The van der Waals surface area contributed by atoms with Gasteiger partial charge in [0.2, 0.25) is 0 Å². The summed E-state index contributed by atoms with van der Waals surface area (Å²) < 4.78 is 5.11. The average Bonchev–Trinajstić information content (AvgIpc) is 3.14. The third kappa shape index (κ3) is 5.12. The van der Waals surface area contributed by atoms with Crippen molar-refractivity contribution in [1.82, 2.24) is 5.32 Å². The van der Waals surface area contributed by atoms with Gasteiger partial charge in [-0.05, 0) is 37.0 Å². The first-order valence-electron chi connectivity index (χ1n) is 5.97. The number of hydrogen-bond donors (Lipinski definition) is 2. The lowest BCUT2D eigenvalue weighted by molar-refractivity contribution is 0.414. The molecule has 0 atom stereocenters. The second kappa shape index (κ2) is 7.45. The first kappa shape index (κ1) is 15.1. The molecule has 18 heavy (non-hydrogen) atoms. The van der Waals surface area contributed by atoms with Crippen LogP contribution in [-0.4, -0.2) is 25.7 Å². The highest BCUT2D eigenvalue weighted by Crippen LogP contribution is 2.18. The maximum Gasteiger partial charge on any atom is 0.188 e. The molecule has 0 amide bonds. The summed E-state index contributed by atoms with van der Waals surface area (Å²) in [6.07, 6.45) is 3.33. The third-order valence-electron chi connectivity index (χ3n) is 2.77. The summed E-state index contributed by atoms with van der Waals surface area (Å²) in [6.45, 7) is 0.720. The van der Waals surface area contributed by atoms with E-state index in [1.54, 1.807) is 7.11 Å². The fraction of sp³-hybridized carbons (Fsp3) is 0.462. The summed E-state index contributed by atoms with van der Waals surface area (Å²) in [5.74, 6) is 1.45. The van der Waals surface area contributed by atoms with E-state index in [0.717, 1.165) is 18.7 Å². The molecular formula is C13H20IN3O. The average molecular weight is 361 g/mol. The van der Waals surface area contributed by atoms with E-state index >= 15 is 0 Å². The normalized spacial score (nSPS) is 14.8. The molecule has 1 fully saturated rings.